The van der Waals surface area contributed by atoms with E-state index in [0.29, 0.717) is 12.0 Å². The van der Waals surface area contributed by atoms with Gasteiger partial charge in [-0.25, -0.2) is 0 Å². The third-order valence-electron chi connectivity index (χ3n) is 1.54. The summed E-state index contributed by atoms with van der Waals surface area (Å²) in [4.78, 5) is 0. The van der Waals surface area contributed by atoms with Crippen molar-refractivity contribution >= 4 is 0 Å². The van der Waals surface area contributed by atoms with E-state index < -0.39 is 11.7 Å². The Balaban J connectivity index is 0. The monoisotopic (exact) mass is 316 g/mol. The SMILES string of the molecule is [Br-].[CH2]Cc1cccc(C(F)(F)F)c1.[Zn]. The summed E-state index contributed by atoms with van der Waals surface area (Å²) in [5.74, 6) is 0. The maximum absolute atomic E-state index is 12.1. The summed E-state index contributed by atoms with van der Waals surface area (Å²) < 4.78 is 36.3. The summed E-state index contributed by atoms with van der Waals surface area (Å²) in [7, 11) is 0. The molecule has 0 nitrogen and oxygen atoms in total. The van der Waals surface area contributed by atoms with E-state index in [4.69, 9.17) is 0 Å². The molecular weight excluding hydrogens is 310 g/mol. The largest absolute Gasteiger partial charge is 1.00 e. The molecule has 0 atom stereocenters. The van der Waals surface area contributed by atoms with Crippen molar-refractivity contribution in [2.24, 2.45) is 0 Å². The van der Waals surface area contributed by atoms with Crippen molar-refractivity contribution in [2.45, 2.75) is 12.6 Å². The van der Waals surface area contributed by atoms with Crippen LogP contribution in [0.4, 0.5) is 13.2 Å². The normalized spacial score (nSPS) is 10.0. The quantitative estimate of drug-likeness (QED) is 0.644. The van der Waals surface area contributed by atoms with E-state index in [2.05, 4.69) is 6.92 Å². The Labute approximate surface area is 104 Å². The molecule has 0 fully saturated rings. The molecule has 0 saturated carbocycles. The van der Waals surface area contributed by atoms with Crippen LogP contribution in [0.1, 0.15) is 11.1 Å². The second kappa shape index (κ2) is 6.57. The minimum absolute atomic E-state index is 0. The Kier molecular flexibility index (Phi) is 7.76. The third kappa shape index (κ3) is 4.56. The van der Waals surface area contributed by atoms with Crippen molar-refractivity contribution in [2.75, 3.05) is 0 Å². The molecule has 75 valence electrons. The molecule has 14 heavy (non-hydrogen) atoms. The van der Waals surface area contributed by atoms with Crippen LogP contribution in [0.5, 0.6) is 0 Å². The van der Waals surface area contributed by atoms with Gasteiger partial charge in [-0.1, -0.05) is 18.2 Å². The van der Waals surface area contributed by atoms with Crippen molar-refractivity contribution in [3.8, 4) is 0 Å². The molecule has 1 rings (SSSR count). The van der Waals surface area contributed by atoms with Gasteiger partial charge >= 0.3 is 6.18 Å². The molecule has 0 bridgehead atoms. The molecule has 0 saturated heterocycles. The summed E-state index contributed by atoms with van der Waals surface area (Å²) in [5.41, 5.74) is -0.00604. The molecule has 0 unspecified atom stereocenters. The number of hydrogen-bond donors (Lipinski definition) is 0. The number of rotatable bonds is 1. The number of alkyl halides is 3. The Morgan fingerprint density at radius 1 is 1.21 bits per heavy atom. The zero-order valence-electron chi connectivity index (χ0n) is 7.44. The first-order valence-corrected chi connectivity index (χ1v) is 3.49. The molecule has 0 aliphatic carbocycles. The Bertz CT molecular complexity index is 273. The molecule has 0 N–H and O–H groups in total. The smallest absolute Gasteiger partial charge is 0.416 e. The molecule has 0 aliphatic rings. The van der Waals surface area contributed by atoms with Gasteiger partial charge in [0.25, 0.3) is 0 Å². The topological polar surface area (TPSA) is 0 Å². The Hall–Kier alpha value is 0.113. The molecule has 0 heterocycles. The zero-order valence-corrected chi connectivity index (χ0v) is 12.0. The van der Waals surface area contributed by atoms with Crippen LogP contribution < -0.4 is 17.0 Å². The Morgan fingerprint density at radius 3 is 2.21 bits per heavy atom. The van der Waals surface area contributed by atoms with Crippen LogP contribution in [0.15, 0.2) is 24.3 Å². The maximum atomic E-state index is 12.1. The van der Waals surface area contributed by atoms with Crippen LogP contribution in [0, 0.1) is 6.92 Å². The van der Waals surface area contributed by atoms with Crippen LogP contribution in [0.25, 0.3) is 0 Å². The molecular formula is C9H8BrF3Zn-. The van der Waals surface area contributed by atoms with E-state index >= 15 is 0 Å². The van der Waals surface area contributed by atoms with Gasteiger partial charge in [-0.2, -0.15) is 13.2 Å². The Morgan fingerprint density at radius 2 is 1.79 bits per heavy atom. The molecule has 0 aromatic heterocycles. The van der Waals surface area contributed by atoms with Gasteiger partial charge in [-0.15, -0.1) is 0 Å². The second-order valence-electron chi connectivity index (χ2n) is 2.45. The second-order valence-corrected chi connectivity index (χ2v) is 2.45. The summed E-state index contributed by atoms with van der Waals surface area (Å²) in [6, 6.07) is 5.19. The van der Waals surface area contributed by atoms with Crippen molar-refractivity contribution < 1.29 is 49.6 Å². The third-order valence-corrected chi connectivity index (χ3v) is 1.54. The number of hydrogen-bond acceptors (Lipinski definition) is 0. The predicted molar refractivity (Wildman–Crippen MR) is 40.5 cm³/mol. The average molecular weight is 318 g/mol. The van der Waals surface area contributed by atoms with Gasteiger partial charge in [0.2, 0.25) is 0 Å². The average Bonchev–Trinajstić information content (AvgIpc) is 2.03. The van der Waals surface area contributed by atoms with E-state index in [9.17, 15) is 13.2 Å². The van der Waals surface area contributed by atoms with E-state index in [1.807, 2.05) is 0 Å². The summed E-state index contributed by atoms with van der Waals surface area (Å²) in [6.45, 7) is 3.51. The molecule has 1 aromatic carbocycles. The fraction of sp³-hybridized carbons (Fsp3) is 0.222. The molecule has 1 radical (unpaired) electrons. The van der Waals surface area contributed by atoms with Gasteiger partial charge in [0.15, 0.2) is 0 Å². The van der Waals surface area contributed by atoms with Crippen LogP contribution in [-0.4, -0.2) is 0 Å². The summed E-state index contributed by atoms with van der Waals surface area (Å²) in [5, 5.41) is 0. The molecule has 0 aliphatic heterocycles. The minimum Gasteiger partial charge on any atom is -1.00 e. The molecule has 0 spiro atoms. The zero-order chi connectivity index (χ0) is 9.19. The van der Waals surface area contributed by atoms with Crippen molar-refractivity contribution in [3.05, 3.63) is 42.3 Å². The minimum atomic E-state index is -4.24. The van der Waals surface area contributed by atoms with Gasteiger partial charge < -0.3 is 17.0 Å². The van der Waals surface area contributed by atoms with Crippen LogP contribution >= 0.6 is 0 Å². The number of benzene rings is 1. The molecule has 1 aromatic rings. The van der Waals surface area contributed by atoms with E-state index in [-0.39, 0.29) is 36.5 Å². The number of halogens is 4. The van der Waals surface area contributed by atoms with Crippen molar-refractivity contribution in [3.63, 3.8) is 0 Å². The van der Waals surface area contributed by atoms with Gasteiger partial charge in [0, 0.05) is 19.5 Å². The first kappa shape index (κ1) is 16.5. The van der Waals surface area contributed by atoms with Gasteiger partial charge in [0.05, 0.1) is 5.56 Å². The van der Waals surface area contributed by atoms with Crippen LogP contribution in [-0.2, 0) is 32.1 Å². The van der Waals surface area contributed by atoms with E-state index in [1.165, 1.54) is 6.07 Å². The van der Waals surface area contributed by atoms with Crippen LogP contribution in [0.2, 0.25) is 0 Å². The van der Waals surface area contributed by atoms with Crippen molar-refractivity contribution in [1.29, 1.82) is 0 Å². The standard InChI is InChI=1S/C9H8F3.BrH.Zn/c1-2-7-4-3-5-8(6-7)9(10,11)12;;/h3-6H,1-2H2;1H;/p-1. The van der Waals surface area contributed by atoms with Gasteiger partial charge in [-0.05, 0) is 25.0 Å². The van der Waals surface area contributed by atoms with Crippen LogP contribution in [0.3, 0.4) is 0 Å². The fourth-order valence-corrected chi connectivity index (χ4v) is 0.903. The summed E-state index contributed by atoms with van der Waals surface area (Å²) in [6.07, 6.45) is -3.87. The molecule has 0 amide bonds. The van der Waals surface area contributed by atoms with Gasteiger partial charge in [-0.3, -0.25) is 0 Å². The van der Waals surface area contributed by atoms with E-state index in [1.54, 1.807) is 6.07 Å². The first-order valence-electron chi connectivity index (χ1n) is 3.49. The predicted octanol–water partition coefficient (Wildman–Crippen LogP) is 0.0835. The first-order chi connectivity index (χ1) is 5.54. The summed E-state index contributed by atoms with van der Waals surface area (Å²) >= 11 is 0. The maximum Gasteiger partial charge on any atom is 0.416 e. The van der Waals surface area contributed by atoms with E-state index in [0.717, 1.165) is 12.1 Å². The molecule has 5 heteroatoms. The van der Waals surface area contributed by atoms with Gasteiger partial charge in [0.1, 0.15) is 0 Å². The fourth-order valence-electron chi connectivity index (χ4n) is 0.903. The van der Waals surface area contributed by atoms with Crippen molar-refractivity contribution in [1.82, 2.24) is 0 Å².